The molecule has 20 heavy (non-hydrogen) atoms. The number of halogens is 5. The first-order valence-electron chi connectivity index (χ1n) is 5.47. The Morgan fingerprint density at radius 1 is 1.20 bits per heavy atom. The Labute approximate surface area is 130 Å². The van der Waals surface area contributed by atoms with Crippen LogP contribution in [0.1, 0.15) is 15.9 Å². The molecule has 0 aromatic heterocycles. The monoisotopic (exact) mass is 418 g/mol. The molecule has 1 rings (SSSR count). The smallest absolute Gasteiger partial charge is 0.416 e. The van der Waals surface area contributed by atoms with Gasteiger partial charge in [0.2, 0.25) is 0 Å². The maximum atomic E-state index is 12.4. The van der Waals surface area contributed by atoms with Crippen LogP contribution in [0.25, 0.3) is 0 Å². The summed E-state index contributed by atoms with van der Waals surface area (Å²) in [5.74, 6) is -0.789. The third-order valence-corrected chi connectivity index (χ3v) is 3.75. The van der Waals surface area contributed by atoms with E-state index >= 15 is 0 Å². The van der Waals surface area contributed by atoms with Crippen LogP contribution in [0.3, 0.4) is 0 Å². The first-order chi connectivity index (χ1) is 9.29. The molecule has 0 saturated heterocycles. The van der Waals surface area contributed by atoms with Crippen LogP contribution in [0.2, 0.25) is 0 Å². The Morgan fingerprint density at radius 2 is 1.75 bits per heavy atom. The van der Waals surface area contributed by atoms with Gasteiger partial charge in [-0.25, -0.2) is 4.79 Å². The summed E-state index contributed by atoms with van der Waals surface area (Å²) in [5, 5.41) is 9.99. The zero-order chi connectivity index (χ0) is 15.3. The molecule has 0 radical (unpaired) electrons. The summed E-state index contributed by atoms with van der Waals surface area (Å²) >= 11 is 6.14. The fourth-order valence-electron chi connectivity index (χ4n) is 1.31. The van der Waals surface area contributed by atoms with Gasteiger partial charge in [-0.2, -0.15) is 13.2 Å². The summed E-state index contributed by atoms with van der Waals surface area (Å²) in [5.41, 5.74) is -0.850. The third kappa shape index (κ3) is 4.75. The lowest BCUT2D eigenvalue weighted by atomic mass is 10.1. The maximum Gasteiger partial charge on any atom is 0.416 e. The Balaban J connectivity index is 2.78. The summed E-state index contributed by atoms with van der Waals surface area (Å²) in [7, 11) is 0. The predicted octanol–water partition coefficient (Wildman–Crippen LogP) is 3.38. The van der Waals surface area contributed by atoms with Gasteiger partial charge in [-0.05, 0) is 24.3 Å². The van der Waals surface area contributed by atoms with E-state index in [4.69, 9.17) is 4.74 Å². The molecule has 0 unspecified atom stereocenters. The van der Waals surface area contributed by atoms with Crippen molar-refractivity contribution in [1.82, 2.24) is 0 Å². The Bertz CT molecular complexity index is 448. The van der Waals surface area contributed by atoms with E-state index in [2.05, 4.69) is 31.9 Å². The van der Waals surface area contributed by atoms with E-state index in [0.717, 1.165) is 24.3 Å². The lowest BCUT2D eigenvalue weighted by Gasteiger charge is -2.19. The van der Waals surface area contributed by atoms with Gasteiger partial charge in [-0.15, -0.1) is 0 Å². The summed E-state index contributed by atoms with van der Waals surface area (Å²) in [6.07, 6.45) is -6.15. The minimum atomic E-state index is -4.45. The summed E-state index contributed by atoms with van der Waals surface area (Å²) in [4.78, 5) is 11.7. The zero-order valence-corrected chi connectivity index (χ0v) is 13.2. The number of alkyl halides is 5. The van der Waals surface area contributed by atoms with Crippen molar-refractivity contribution < 1.29 is 27.8 Å². The van der Waals surface area contributed by atoms with Crippen LogP contribution in [0, 0.1) is 0 Å². The lowest BCUT2D eigenvalue weighted by Crippen LogP contribution is -2.33. The number of benzene rings is 1. The number of aliphatic hydroxyl groups excluding tert-OH is 1. The number of carbonyl (C=O) groups is 1. The van der Waals surface area contributed by atoms with Crippen molar-refractivity contribution in [2.75, 3.05) is 10.7 Å². The first kappa shape index (κ1) is 17.5. The highest BCUT2D eigenvalue weighted by molar-refractivity contribution is 9.09. The Morgan fingerprint density at radius 3 is 2.15 bits per heavy atom. The van der Waals surface area contributed by atoms with Crippen LogP contribution in [0.5, 0.6) is 0 Å². The number of carbonyl (C=O) groups excluding carboxylic acids is 1. The number of esters is 1. The average molecular weight is 420 g/mol. The van der Waals surface area contributed by atoms with Crippen molar-refractivity contribution in [1.29, 1.82) is 0 Å². The molecule has 0 bridgehead atoms. The number of hydrogen-bond acceptors (Lipinski definition) is 3. The molecule has 2 atom stereocenters. The van der Waals surface area contributed by atoms with E-state index in [9.17, 15) is 23.1 Å². The van der Waals surface area contributed by atoms with E-state index < -0.39 is 29.9 Å². The maximum absolute atomic E-state index is 12.4. The Hall–Kier alpha value is -0.600. The van der Waals surface area contributed by atoms with Crippen molar-refractivity contribution >= 4 is 37.8 Å². The second-order valence-corrected chi connectivity index (χ2v) is 5.19. The van der Waals surface area contributed by atoms with Crippen LogP contribution in [0.4, 0.5) is 13.2 Å². The summed E-state index contributed by atoms with van der Waals surface area (Å²) in [6, 6.07) is 3.69. The predicted molar refractivity (Wildman–Crippen MR) is 74.2 cm³/mol. The van der Waals surface area contributed by atoms with Gasteiger partial charge in [0.1, 0.15) is 12.2 Å². The molecule has 1 aromatic rings. The number of hydrogen-bond donors (Lipinski definition) is 1. The topological polar surface area (TPSA) is 46.5 Å². The van der Waals surface area contributed by atoms with Gasteiger partial charge >= 0.3 is 12.1 Å². The van der Waals surface area contributed by atoms with Gasteiger partial charge in [0, 0.05) is 10.7 Å². The molecule has 0 aliphatic rings. The molecule has 8 heteroatoms. The number of rotatable bonds is 5. The Kier molecular flexibility index (Phi) is 6.47. The average Bonchev–Trinajstić information content (AvgIpc) is 2.42. The highest BCUT2D eigenvalue weighted by Gasteiger charge is 2.30. The van der Waals surface area contributed by atoms with Crippen molar-refractivity contribution in [3.05, 3.63) is 35.4 Å². The van der Waals surface area contributed by atoms with Crippen molar-refractivity contribution in [2.45, 2.75) is 18.4 Å². The quantitative estimate of drug-likeness (QED) is 0.587. The van der Waals surface area contributed by atoms with Gasteiger partial charge < -0.3 is 9.84 Å². The third-order valence-electron chi connectivity index (χ3n) is 2.45. The molecule has 1 aromatic carbocycles. The van der Waals surface area contributed by atoms with Crippen LogP contribution in [-0.4, -0.2) is 33.9 Å². The number of aliphatic hydroxyl groups is 1. The molecule has 0 aliphatic carbocycles. The lowest BCUT2D eigenvalue weighted by molar-refractivity contribution is -0.137. The van der Waals surface area contributed by atoms with E-state index in [1.165, 1.54) is 0 Å². The summed E-state index contributed by atoms with van der Waals surface area (Å²) in [6.45, 7) is 0. The van der Waals surface area contributed by atoms with E-state index in [0.29, 0.717) is 0 Å². The van der Waals surface area contributed by atoms with Crippen LogP contribution in [-0.2, 0) is 10.9 Å². The van der Waals surface area contributed by atoms with Crippen LogP contribution < -0.4 is 0 Å². The van der Waals surface area contributed by atoms with Gasteiger partial charge in [0.05, 0.1) is 11.1 Å². The van der Waals surface area contributed by atoms with E-state index in [-0.39, 0.29) is 16.2 Å². The minimum Gasteiger partial charge on any atom is -0.455 e. The molecule has 0 fully saturated rings. The normalized spacial score (nSPS) is 14.7. The second kappa shape index (κ2) is 7.42. The van der Waals surface area contributed by atoms with Gasteiger partial charge in [-0.3, -0.25) is 0 Å². The SMILES string of the molecule is O=C(O[C@H](CBr)[C@H](O)CBr)c1ccc(C(F)(F)F)cc1. The first-order valence-corrected chi connectivity index (χ1v) is 7.72. The fourth-order valence-corrected chi connectivity index (χ4v) is 2.29. The molecule has 0 spiro atoms. The molecular weight excluding hydrogens is 409 g/mol. The van der Waals surface area contributed by atoms with Crippen LogP contribution >= 0.6 is 31.9 Å². The van der Waals surface area contributed by atoms with Crippen molar-refractivity contribution in [2.24, 2.45) is 0 Å². The van der Waals surface area contributed by atoms with Gasteiger partial charge in [0.15, 0.2) is 0 Å². The molecule has 0 amide bonds. The number of ether oxygens (including phenoxy) is 1. The molecule has 3 nitrogen and oxygen atoms in total. The van der Waals surface area contributed by atoms with E-state index in [1.54, 1.807) is 0 Å². The van der Waals surface area contributed by atoms with Crippen molar-refractivity contribution in [3.63, 3.8) is 0 Å². The molecule has 112 valence electrons. The van der Waals surface area contributed by atoms with Crippen molar-refractivity contribution in [3.8, 4) is 0 Å². The highest BCUT2D eigenvalue weighted by Crippen LogP contribution is 2.29. The molecule has 0 heterocycles. The molecule has 0 saturated carbocycles. The molecular formula is C12H11Br2F3O3. The summed E-state index contributed by atoms with van der Waals surface area (Å²) < 4.78 is 42.1. The molecule has 1 N–H and O–H groups in total. The molecule has 0 aliphatic heterocycles. The van der Waals surface area contributed by atoms with Gasteiger partial charge in [-0.1, -0.05) is 31.9 Å². The minimum absolute atomic E-state index is 0.00859. The largest absolute Gasteiger partial charge is 0.455 e. The zero-order valence-electron chi connectivity index (χ0n) is 10.0. The van der Waals surface area contributed by atoms with E-state index in [1.807, 2.05) is 0 Å². The standard InChI is InChI=1S/C12H11Br2F3O3/c13-5-9(18)10(6-14)20-11(19)7-1-3-8(4-2-7)12(15,16)17/h1-4,9-10,18H,5-6H2/t9-,10-/m1/s1. The highest BCUT2D eigenvalue weighted by atomic mass is 79.9. The van der Waals surface area contributed by atoms with Gasteiger partial charge in [0.25, 0.3) is 0 Å². The second-order valence-electron chi connectivity index (χ2n) is 3.89. The fraction of sp³-hybridized carbons (Fsp3) is 0.417. The van der Waals surface area contributed by atoms with Crippen LogP contribution in [0.15, 0.2) is 24.3 Å².